The van der Waals surface area contributed by atoms with Crippen molar-refractivity contribution in [1.29, 1.82) is 5.26 Å². The number of sulfonamides is 1. The zero-order valence-corrected chi connectivity index (χ0v) is 13.7. The molecule has 7 nitrogen and oxygen atoms in total. The molecule has 1 atom stereocenters. The van der Waals surface area contributed by atoms with Gasteiger partial charge < -0.3 is 5.32 Å². The fourth-order valence-corrected chi connectivity index (χ4v) is 3.53. The molecule has 0 saturated heterocycles. The lowest BCUT2D eigenvalue weighted by molar-refractivity contribution is -0.122. The number of hydrogen-bond donors (Lipinski definition) is 2. The molecular formula is C15H18N4O3S. The maximum atomic E-state index is 12.2. The minimum Gasteiger partial charge on any atom is -0.341 e. The summed E-state index contributed by atoms with van der Waals surface area (Å²) in [5, 5.41) is 11.0. The summed E-state index contributed by atoms with van der Waals surface area (Å²) in [6.07, 6.45) is 0.449. The van der Waals surface area contributed by atoms with Crippen LogP contribution in [0.3, 0.4) is 0 Å². The van der Waals surface area contributed by atoms with Crippen LogP contribution in [0.5, 0.6) is 0 Å². The molecule has 2 rings (SSSR count). The Morgan fingerprint density at radius 3 is 2.74 bits per heavy atom. The predicted molar refractivity (Wildman–Crippen MR) is 85.2 cm³/mol. The summed E-state index contributed by atoms with van der Waals surface area (Å²) < 4.78 is 26.5. The third-order valence-electron chi connectivity index (χ3n) is 3.29. The Labute approximate surface area is 135 Å². The van der Waals surface area contributed by atoms with E-state index in [4.69, 9.17) is 5.26 Å². The van der Waals surface area contributed by atoms with Crippen LogP contribution in [0.4, 0.5) is 0 Å². The lowest BCUT2D eigenvalue weighted by Gasteiger charge is -2.15. The first-order valence-corrected chi connectivity index (χ1v) is 8.68. The van der Waals surface area contributed by atoms with Gasteiger partial charge in [-0.15, -0.1) is 0 Å². The summed E-state index contributed by atoms with van der Waals surface area (Å²) in [4.78, 5) is 16.6. The van der Waals surface area contributed by atoms with E-state index in [-0.39, 0.29) is 23.2 Å². The molecule has 0 aliphatic carbocycles. The predicted octanol–water partition coefficient (Wildman–Crippen LogP) is 0.780. The largest absolute Gasteiger partial charge is 0.341 e. The van der Waals surface area contributed by atoms with E-state index in [1.54, 1.807) is 18.2 Å². The highest BCUT2D eigenvalue weighted by molar-refractivity contribution is 7.90. The van der Waals surface area contributed by atoms with Crippen LogP contribution >= 0.6 is 0 Å². The highest BCUT2D eigenvalue weighted by atomic mass is 32.2. The number of carbonyl (C=O) groups excluding carboxylic acids is 1. The van der Waals surface area contributed by atoms with Crippen molar-refractivity contribution in [2.75, 3.05) is 6.54 Å². The Kier molecular flexibility index (Phi) is 5.01. The van der Waals surface area contributed by atoms with Gasteiger partial charge in [-0.3, -0.25) is 14.5 Å². The number of rotatable bonds is 5. The Bertz CT molecular complexity index is 778. The van der Waals surface area contributed by atoms with Gasteiger partial charge in [0, 0.05) is 5.56 Å². The Balaban J connectivity index is 2.37. The van der Waals surface area contributed by atoms with Gasteiger partial charge in [0.1, 0.15) is 18.4 Å². The third-order valence-corrected chi connectivity index (χ3v) is 4.68. The van der Waals surface area contributed by atoms with E-state index >= 15 is 0 Å². The molecule has 1 aliphatic heterocycles. The molecule has 1 aromatic rings. The van der Waals surface area contributed by atoms with Gasteiger partial charge in [0.25, 0.3) is 10.0 Å². The maximum absolute atomic E-state index is 12.2. The number of nitrogens with one attached hydrogen (secondary N) is 2. The van der Waals surface area contributed by atoms with Crippen LogP contribution in [-0.2, 0) is 14.8 Å². The van der Waals surface area contributed by atoms with E-state index < -0.39 is 22.0 Å². The Hall–Kier alpha value is -2.40. The Morgan fingerprint density at radius 2 is 2.09 bits per heavy atom. The molecule has 0 spiro atoms. The highest BCUT2D eigenvalue weighted by Crippen LogP contribution is 2.23. The van der Waals surface area contributed by atoms with E-state index in [9.17, 15) is 13.2 Å². The minimum absolute atomic E-state index is 0.111. The van der Waals surface area contributed by atoms with E-state index in [2.05, 4.69) is 15.0 Å². The molecule has 0 fully saturated rings. The average Bonchev–Trinajstić information content (AvgIpc) is 2.75. The molecule has 1 aromatic carbocycles. The highest BCUT2D eigenvalue weighted by Gasteiger charge is 2.31. The van der Waals surface area contributed by atoms with Crippen molar-refractivity contribution < 1.29 is 13.2 Å². The summed E-state index contributed by atoms with van der Waals surface area (Å²) in [6, 6.07) is 7.56. The fourth-order valence-electron chi connectivity index (χ4n) is 2.29. The van der Waals surface area contributed by atoms with Crippen molar-refractivity contribution in [2.24, 2.45) is 10.9 Å². The van der Waals surface area contributed by atoms with Crippen LogP contribution in [0.15, 0.2) is 34.2 Å². The van der Waals surface area contributed by atoms with Crippen LogP contribution in [-0.4, -0.2) is 32.7 Å². The first-order chi connectivity index (χ1) is 10.8. The van der Waals surface area contributed by atoms with Gasteiger partial charge in [-0.1, -0.05) is 26.0 Å². The second kappa shape index (κ2) is 6.79. The van der Waals surface area contributed by atoms with Crippen molar-refractivity contribution in [2.45, 2.75) is 31.2 Å². The third kappa shape index (κ3) is 3.87. The zero-order valence-electron chi connectivity index (χ0n) is 12.9. The van der Waals surface area contributed by atoms with Crippen LogP contribution in [0, 0.1) is 17.2 Å². The second-order valence-electron chi connectivity index (χ2n) is 5.60. The standard InChI is InChI=1S/C15H18N4O3S/c1-10(2)9-12(15(20)17-8-7-16)18-14-11-5-3-4-6-13(11)23(21,22)19-14/h3-6,10,12H,8-9H2,1-2H3,(H,17,20)(H,18,19)/t12-/m0/s1. The first kappa shape index (κ1) is 17.0. The number of hydrogen-bond acceptors (Lipinski definition) is 5. The van der Waals surface area contributed by atoms with Crippen LogP contribution < -0.4 is 10.0 Å². The van der Waals surface area contributed by atoms with Gasteiger partial charge >= 0.3 is 0 Å². The lowest BCUT2D eigenvalue weighted by atomic mass is 10.0. The number of nitrogens with zero attached hydrogens (tertiary/aromatic N) is 2. The topological polar surface area (TPSA) is 111 Å². The fraction of sp³-hybridized carbons (Fsp3) is 0.400. The molecule has 0 aromatic heterocycles. The number of fused-ring (bicyclic) bond motifs is 1. The van der Waals surface area contributed by atoms with Crippen molar-refractivity contribution >= 4 is 21.8 Å². The summed E-state index contributed by atoms with van der Waals surface area (Å²) >= 11 is 0. The SMILES string of the molecule is CC(C)C[C@H](N=C1NS(=O)(=O)c2ccccc21)C(=O)NCC#N. The summed E-state index contributed by atoms with van der Waals surface area (Å²) in [6.45, 7) is 3.77. The van der Waals surface area contributed by atoms with E-state index in [0.717, 1.165) is 0 Å². The monoisotopic (exact) mass is 334 g/mol. The second-order valence-corrected chi connectivity index (χ2v) is 7.25. The van der Waals surface area contributed by atoms with Gasteiger partial charge in [0.2, 0.25) is 5.91 Å². The average molecular weight is 334 g/mol. The van der Waals surface area contributed by atoms with Crippen LogP contribution in [0.1, 0.15) is 25.8 Å². The van der Waals surface area contributed by atoms with Crippen molar-refractivity contribution in [3.05, 3.63) is 29.8 Å². The maximum Gasteiger partial charge on any atom is 0.263 e. The van der Waals surface area contributed by atoms with Gasteiger partial charge in [-0.05, 0) is 24.5 Å². The lowest BCUT2D eigenvalue weighted by Crippen LogP contribution is -2.36. The van der Waals surface area contributed by atoms with Crippen molar-refractivity contribution in [3.63, 3.8) is 0 Å². The van der Waals surface area contributed by atoms with Gasteiger partial charge in [0.05, 0.1) is 11.0 Å². The number of aliphatic imine (C=N–C) groups is 1. The summed E-state index contributed by atoms with van der Waals surface area (Å²) in [5.74, 6) is -0.0415. The molecule has 1 aliphatic rings. The van der Waals surface area contributed by atoms with Gasteiger partial charge in [0.15, 0.2) is 0 Å². The molecular weight excluding hydrogens is 316 g/mol. The van der Waals surface area contributed by atoms with E-state index in [1.165, 1.54) is 6.07 Å². The Morgan fingerprint density at radius 1 is 1.39 bits per heavy atom. The number of amidine groups is 1. The normalized spacial score (nSPS) is 18.1. The number of carbonyl (C=O) groups is 1. The molecule has 0 unspecified atom stereocenters. The molecule has 8 heteroatoms. The smallest absolute Gasteiger partial charge is 0.263 e. The van der Waals surface area contributed by atoms with Crippen LogP contribution in [0.25, 0.3) is 0 Å². The molecule has 0 radical (unpaired) electrons. The summed E-state index contributed by atoms with van der Waals surface area (Å²) in [7, 11) is -3.64. The van der Waals surface area contributed by atoms with E-state index in [1.807, 2.05) is 19.9 Å². The zero-order chi connectivity index (χ0) is 17.0. The molecule has 0 bridgehead atoms. The summed E-state index contributed by atoms with van der Waals surface area (Å²) in [5.41, 5.74) is 0.453. The number of nitriles is 1. The molecule has 2 N–H and O–H groups in total. The minimum atomic E-state index is -3.64. The molecule has 0 saturated carbocycles. The number of benzene rings is 1. The number of amides is 1. The first-order valence-electron chi connectivity index (χ1n) is 7.20. The molecule has 1 amide bonds. The van der Waals surface area contributed by atoms with E-state index in [0.29, 0.717) is 12.0 Å². The van der Waals surface area contributed by atoms with Crippen molar-refractivity contribution in [3.8, 4) is 6.07 Å². The van der Waals surface area contributed by atoms with Crippen molar-refractivity contribution in [1.82, 2.24) is 10.0 Å². The van der Waals surface area contributed by atoms with Crippen LogP contribution in [0.2, 0.25) is 0 Å². The van der Waals surface area contributed by atoms with Gasteiger partial charge in [-0.25, -0.2) is 8.42 Å². The molecule has 23 heavy (non-hydrogen) atoms. The van der Waals surface area contributed by atoms with Gasteiger partial charge in [-0.2, -0.15) is 5.26 Å². The molecule has 1 heterocycles. The molecule has 122 valence electrons. The quantitative estimate of drug-likeness (QED) is 0.775.